The molecule has 0 unspecified atom stereocenters. The van der Waals surface area contributed by atoms with Crippen molar-refractivity contribution in [1.82, 2.24) is 20.1 Å². The van der Waals surface area contributed by atoms with E-state index in [0.29, 0.717) is 23.7 Å². The van der Waals surface area contributed by atoms with Crippen LogP contribution in [0.3, 0.4) is 0 Å². The van der Waals surface area contributed by atoms with Crippen LogP contribution in [0.2, 0.25) is 0 Å². The summed E-state index contributed by atoms with van der Waals surface area (Å²) in [6.45, 7) is 5.80. The average Bonchev–Trinajstić information content (AvgIpc) is 3.21. The first-order valence-electron chi connectivity index (χ1n) is 11.4. The maximum absolute atomic E-state index is 15.1. The van der Waals surface area contributed by atoms with Crippen LogP contribution < -0.4 is 5.32 Å². The van der Waals surface area contributed by atoms with Crippen LogP contribution in [-0.2, 0) is 17.8 Å². The molecule has 4 rings (SSSR count). The van der Waals surface area contributed by atoms with E-state index in [2.05, 4.69) is 20.5 Å². The van der Waals surface area contributed by atoms with Gasteiger partial charge in [0.15, 0.2) is 17.5 Å². The van der Waals surface area contributed by atoms with E-state index in [9.17, 15) is 18.7 Å². The molecule has 1 fully saturated rings. The Morgan fingerprint density at radius 3 is 2.66 bits per heavy atom. The predicted molar refractivity (Wildman–Crippen MR) is 125 cm³/mol. The number of piperidine rings is 1. The monoisotopic (exact) mass is 487 g/mol. The topological polar surface area (TPSA) is 94.1 Å². The maximum atomic E-state index is 15.1. The highest BCUT2D eigenvalue weighted by Crippen LogP contribution is 2.40. The van der Waals surface area contributed by atoms with Crippen molar-refractivity contribution in [2.45, 2.75) is 52.6 Å². The fraction of sp³-hybridized carbons (Fsp3) is 0.400. The van der Waals surface area contributed by atoms with Crippen molar-refractivity contribution >= 4 is 17.6 Å². The zero-order valence-corrected chi connectivity index (χ0v) is 19.8. The maximum Gasteiger partial charge on any atom is 0.310 e. The molecule has 0 spiro atoms. The van der Waals surface area contributed by atoms with Crippen LogP contribution in [-0.4, -0.2) is 43.7 Å². The lowest BCUT2D eigenvalue weighted by atomic mass is 9.72. The summed E-state index contributed by atoms with van der Waals surface area (Å²) < 4.78 is 42.9. The molecule has 10 heteroatoms. The molecule has 1 aliphatic rings. The van der Waals surface area contributed by atoms with E-state index in [4.69, 9.17) is 0 Å². The molecule has 2 atom stereocenters. The molecule has 1 saturated heterocycles. The highest BCUT2D eigenvalue weighted by atomic mass is 19.2. The molecule has 0 radical (unpaired) electrons. The molecule has 1 aromatic carbocycles. The highest BCUT2D eigenvalue weighted by Gasteiger charge is 2.45. The summed E-state index contributed by atoms with van der Waals surface area (Å²) in [5.74, 6) is -2.48. The van der Waals surface area contributed by atoms with Gasteiger partial charge < -0.3 is 10.4 Å². The molecule has 1 aliphatic heterocycles. The first-order valence-corrected chi connectivity index (χ1v) is 11.4. The molecule has 35 heavy (non-hydrogen) atoms. The van der Waals surface area contributed by atoms with Crippen LogP contribution >= 0.6 is 0 Å². The summed E-state index contributed by atoms with van der Waals surface area (Å²) >= 11 is 0. The van der Waals surface area contributed by atoms with E-state index >= 15 is 4.39 Å². The summed E-state index contributed by atoms with van der Waals surface area (Å²) in [7, 11) is 0. The van der Waals surface area contributed by atoms with Crippen LogP contribution in [0, 0.1) is 36.7 Å². The van der Waals surface area contributed by atoms with E-state index in [1.165, 1.54) is 12.1 Å². The van der Waals surface area contributed by atoms with Gasteiger partial charge in [-0.25, -0.2) is 18.2 Å². The highest BCUT2D eigenvalue weighted by molar-refractivity contribution is 5.75. The summed E-state index contributed by atoms with van der Waals surface area (Å²) in [6, 6.07) is 7.11. The SMILES string of the molecule is Cc1cc(Nc2cc(C)c(F)c(C[C@@]3(C(=O)O)CCN(Cc4cccc(F)c4F)[C@H](C)C3)n2)n[nH]1. The Morgan fingerprint density at radius 1 is 1.23 bits per heavy atom. The minimum absolute atomic E-state index is 0.0685. The van der Waals surface area contributed by atoms with Gasteiger partial charge in [-0.3, -0.25) is 14.8 Å². The van der Waals surface area contributed by atoms with Crippen molar-refractivity contribution in [3.05, 3.63) is 70.3 Å². The zero-order valence-electron chi connectivity index (χ0n) is 19.8. The number of likely N-dealkylation sites (tertiary alicyclic amines) is 1. The van der Waals surface area contributed by atoms with Gasteiger partial charge in [-0.2, -0.15) is 5.10 Å². The Labute approximate surface area is 201 Å². The van der Waals surface area contributed by atoms with Gasteiger partial charge in [0.25, 0.3) is 0 Å². The third-order valence-corrected chi connectivity index (χ3v) is 6.72. The van der Waals surface area contributed by atoms with Gasteiger partial charge in [-0.15, -0.1) is 0 Å². The van der Waals surface area contributed by atoms with Gasteiger partial charge in [-0.1, -0.05) is 12.1 Å². The first kappa shape index (κ1) is 24.7. The molecule has 0 aliphatic carbocycles. The second-order valence-corrected chi connectivity index (χ2v) is 9.40. The van der Waals surface area contributed by atoms with E-state index in [1.54, 1.807) is 19.1 Å². The normalized spacial score (nSPS) is 20.7. The number of hydrogen-bond acceptors (Lipinski definition) is 5. The van der Waals surface area contributed by atoms with Gasteiger partial charge in [0.2, 0.25) is 0 Å². The molecule has 2 aromatic heterocycles. The predicted octanol–water partition coefficient (Wildman–Crippen LogP) is 4.88. The Balaban J connectivity index is 1.55. The molecule has 3 aromatic rings. The van der Waals surface area contributed by atoms with Crippen LogP contribution in [0.15, 0.2) is 30.3 Å². The van der Waals surface area contributed by atoms with Crippen molar-refractivity contribution in [3.63, 3.8) is 0 Å². The number of carboxylic acids is 1. The second-order valence-electron chi connectivity index (χ2n) is 9.40. The molecule has 0 saturated carbocycles. The van der Waals surface area contributed by atoms with E-state index in [0.717, 1.165) is 11.8 Å². The number of H-pyrrole nitrogens is 1. The molecule has 7 nitrogen and oxygen atoms in total. The van der Waals surface area contributed by atoms with Crippen LogP contribution in [0.1, 0.15) is 42.3 Å². The van der Waals surface area contributed by atoms with Crippen molar-refractivity contribution in [2.75, 3.05) is 11.9 Å². The number of halogens is 3. The number of hydrogen-bond donors (Lipinski definition) is 3. The molecule has 3 N–H and O–H groups in total. The number of pyridine rings is 1. The number of nitrogens with zero attached hydrogens (tertiary/aromatic N) is 3. The van der Waals surface area contributed by atoms with Gasteiger partial charge in [0.1, 0.15) is 11.6 Å². The largest absolute Gasteiger partial charge is 0.481 e. The summed E-state index contributed by atoms with van der Waals surface area (Å²) in [5.41, 5.74) is 0.236. The third-order valence-electron chi connectivity index (χ3n) is 6.72. The third kappa shape index (κ3) is 5.17. The summed E-state index contributed by atoms with van der Waals surface area (Å²) in [6.07, 6.45) is 0.353. The smallest absolute Gasteiger partial charge is 0.310 e. The molecule has 186 valence electrons. The Kier molecular flexibility index (Phi) is 6.84. The number of nitrogens with one attached hydrogen (secondary N) is 2. The molecular weight excluding hydrogens is 459 g/mol. The van der Waals surface area contributed by atoms with Crippen molar-refractivity contribution in [2.24, 2.45) is 5.41 Å². The number of aliphatic carboxylic acids is 1. The molecule has 3 heterocycles. The Morgan fingerprint density at radius 2 is 2.00 bits per heavy atom. The standard InChI is InChI=1S/C25H28F3N5O2/c1-14-9-20(30-21-10-15(2)31-32-21)29-19(22(14)27)12-25(24(34)35)7-8-33(16(3)11-25)13-17-5-4-6-18(26)23(17)28/h4-6,9-10,16H,7-8,11-13H2,1-3H3,(H,34,35)(H2,29,30,31,32)/t16-,25-/m1/s1. The fourth-order valence-electron chi connectivity index (χ4n) is 4.77. The van der Waals surface area contributed by atoms with E-state index < -0.39 is 28.8 Å². The number of benzene rings is 1. The minimum Gasteiger partial charge on any atom is -0.481 e. The fourth-order valence-corrected chi connectivity index (χ4v) is 4.77. The summed E-state index contributed by atoms with van der Waals surface area (Å²) in [4.78, 5) is 18.8. The Hall–Kier alpha value is -3.40. The van der Waals surface area contributed by atoms with Crippen molar-refractivity contribution in [1.29, 1.82) is 0 Å². The molecule has 0 amide bonds. The van der Waals surface area contributed by atoms with Gasteiger partial charge in [-0.05, 0) is 57.9 Å². The van der Waals surface area contributed by atoms with Crippen molar-refractivity contribution in [3.8, 4) is 0 Å². The lowest BCUT2D eigenvalue weighted by molar-refractivity contribution is -0.153. The number of carbonyl (C=O) groups is 1. The number of aryl methyl sites for hydroxylation is 2. The quantitative estimate of drug-likeness (QED) is 0.440. The van der Waals surface area contributed by atoms with Gasteiger partial charge in [0, 0.05) is 36.3 Å². The first-order chi connectivity index (χ1) is 16.6. The number of aromatic nitrogens is 3. The van der Waals surface area contributed by atoms with Gasteiger partial charge in [0.05, 0.1) is 11.1 Å². The van der Waals surface area contributed by atoms with Gasteiger partial charge >= 0.3 is 5.97 Å². The second kappa shape index (κ2) is 9.69. The van der Waals surface area contributed by atoms with Crippen molar-refractivity contribution < 1.29 is 23.1 Å². The van der Waals surface area contributed by atoms with E-state index in [-0.39, 0.29) is 43.1 Å². The lowest BCUT2D eigenvalue weighted by Gasteiger charge is -2.43. The van der Waals surface area contributed by atoms with Crippen LogP contribution in [0.5, 0.6) is 0 Å². The zero-order chi connectivity index (χ0) is 25.3. The number of anilines is 2. The number of rotatable bonds is 7. The Bertz CT molecular complexity index is 1250. The number of carboxylic acid groups (broad SMARTS) is 1. The lowest BCUT2D eigenvalue weighted by Crippen LogP contribution is -2.50. The van der Waals surface area contributed by atoms with Crippen LogP contribution in [0.4, 0.5) is 24.8 Å². The molecular formula is C25H28F3N5O2. The minimum atomic E-state index is -1.24. The number of aromatic amines is 1. The average molecular weight is 488 g/mol. The molecule has 0 bridgehead atoms. The van der Waals surface area contributed by atoms with Crippen LogP contribution in [0.25, 0.3) is 0 Å². The summed E-state index contributed by atoms with van der Waals surface area (Å²) in [5, 5.41) is 20.1. The van der Waals surface area contributed by atoms with E-state index in [1.807, 2.05) is 18.7 Å².